The Kier molecular flexibility index (Phi) is 6.53. The summed E-state index contributed by atoms with van der Waals surface area (Å²) in [6.07, 6.45) is 0. The zero-order valence-corrected chi connectivity index (χ0v) is 10.5. The van der Waals surface area contributed by atoms with E-state index in [1.165, 1.54) is 0 Å². The molecule has 0 spiro atoms. The highest BCUT2D eigenvalue weighted by Gasteiger charge is 2.16. The Morgan fingerprint density at radius 3 is 1.88 bits per heavy atom. The topological polar surface area (TPSA) is 69.6 Å². The fourth-order valence-corrected chi connectivity index (χ4v) is 1.38. The number of carboxylic acid groups (broad SMARTS) is 1. The minimum absolute atomic E-state index is 0.301. The number of hydrogen-bond acceptors (Lipinski definition) is 2. The van der Waals surface area contributed by atoms with Crippen molar-refractivity contribution in [3.05, 3.63) is 0 Å². The molecule has 0 aliphatic heterocycles. The van der Waals surface area contributed by atoms with Crippen molar-refractivity contribution in [2.24, 2.45) is 11.8 Å². The monoisotopic (exact) mass is 230 g/mol. The molecule has 5 nitrogen and oxygen atoms in total. The molecule has 94 valence electrons. The summed E-state index contributed by atoms with van der Waals surface area (Å²) in [5.74, 6) is -0.286. The Morgan fingerprint density at radius 1 is 1.12 bits per heavy atom. The first-order valence-corrected chi connectivity index (χ1v) is 5.57. The summed E-state index contributed by atoms with van der Waals surface area (Å²) in [5, 5.41) is 10.9. The van der Waals surface area contributed by atoms with Crippen molar-refractivity contribution in [1.82, 2.24) is 10.2 Å². The number of carboxylic acids is 1. The van der Waals surface area contributed by atoms with Crippen molar-refractivity contribution in [2.45, 2.75) is 27.7 Å². The molecule has 0 aliphatic carbocycles. The van der Waals surface area contributed by atoms with E-state index in [9.17, 15) is 9.59 Å². The third kappa shape index (κ3) is 7.09. The number of carbonyl (C=O) groups excluding carboxylic acids is 1. The van der Waals surface area contributed by atoms with Gasteiger partial charge >= 0.3 is 12.0 Å². The summed E-state index contributed by atoms with van der Waals surface area (Å²) in [5.41, 5.74) is 0. The number of amides is 2. The van der Waals surface area contributed by atoms with Crippen molar-refractivity contribution in [3.8, 4) is 0 Å². The largest absolute Gasteiger partial charge is 0.480 e. The van der Waals surface area contributed by atoms with Gasteiger partial charge in [-0.15, -0.1) is 0 Å². The SMILES string of the molecule is CC(C)CN(CC(C)C)C(=O)NCC(=O)O. The molecule has 0 aromatic rings. The normalized spacial score (nSPS) is 10.6. The predicted molar refractivity (Wildman–Crippen MR) is 62.3 cm³/mol. The molecule has 0 heterocycles. The minimum atomic E-state index is -1.03. The average molecular weight is 230 g/mol. The van der Waals surface area contributed by atoms with Crippen LogP contribution in [0.3, 0.4) is 0 Å². The molecule has 0 fully saturated rings. The molecule has 0 aromatic carbocycles. The maximum absolute atomic E-state index is 11.7. The maximum Gasteiger partial charge on any atom is 0.323 e. The fourth-order valence-electron chi connectivity index (χ4n) is 1.38. The molecular formula is C11H22N2O3. The Labute approximate surface area is 96.8 Å². The first kappa shape index (κ1) is 14.7. The van der Waals surface area contributed by atoms with E-state index >= 15 is 0 Å². The van der Waals surface area contributed by atoms with E-state index in [-0.39, 0.29) is 12.6 Å². The molecule has 0 saturated heterocycles. The van der Waals surface area contributed by atoms with Crippen molar-refractivity contribution in [2.75, 3.05) is 19.6 Å². The number of nitrogens with one attached hydrogen (secondary N) is 1. The van der Waals surface area contributed by atoms with E-state index in [1.54, 1.807) is 4.90 Å². The Bertz CT molecular complexity index is 229. The van der Waals surface area contributed by atoms with Crippen LogP contribution in [0.25, 0.3) is 0 Å². The molecule has 5 heteroatoms. The smallest absolute Gasteiger partial charge is 0.323 e. The number of nitrogens with zero attached hydrogens (tertiary/aromatic N) is 1. The van der Waals surface area contributed by atoms with Crippen LogP contribution in [-0.2, 0) is 4.79 Å². The summed E-state index contributed by atoms with van der Waals surface area (Å²) >= 11 is 0. The summed E-state index contributed by atoms with van der Waals surface area (Å²) in [6, 6.07) is -0.301. The second kappa shape index (κ2) is 7.09. The Hall–Kier alpha value is -1.26. The molecule has 0 unspecified atom stereocenters. The van der Waals surface area contributed by atoms with Crippen molar-refractivity contribution in [3.63, 3.8) is 0 Å². The summed E-state index contributed by atoms with van der Waals surface area (Å²) < 4.78 is 0. The minimum Gasteiger partial charge on any atom is -0.480 e. The number of carbonyl (C=O) groups is 2. The van der Waals surface area contributed by atoms with Crippen LogP contribution in [0.5, 0.6) is 0 Å². The van der Waals surface area contributed by atoms with Crippen molar-refractivity contribution >= 4 is 12.0 Å². The van der Waals surface area contributed by atoms with Gasteiger partial charge in [0.15, 0.2) is 0 Å². The summed E-state index contributed by atoms with van der Waals surface area (Å²) in [7, 11) is 0. The third-order valence-electron chi connectivity index (χ3n) is 1.85. The van der Waals surface area contributed by atoms with E-state index < -0.39 is 5.97 Å². The highest BCUT2D eigenvalue weighted by molar-refractivity contribution is 5.79. The van der Waals surface area contributed by atoms with Crippen LogP contribution in [0.4, 0.5) is 4.79 Å². The van der Waals surface area contributed by atoms with Crippen LogP contribution in [0.2, 0.25) is 0 Å². The lowest BCUT2D eigenvalue weighted by molar-refractivity contribution is -0.135. The van der Waals surface area contributed by atoms with Gasteiger partial charge in [0.1, 0.15) is 6.54 Å². The Morgan fingerprint density at radius 2 is 1.56 bits per heavy atom. The highest BCUT2D eigenvalue weighted by Crippen LogP contribution is 2.03. The van der Waals surface area contributed by atoms with Gasteiger partial charge in [-0.3, -0.25) is 4.79 Å². The molecule has 2 N–H and O–H groups in total. The van der Waals surface area contributed by atoms with Crippen LogP contribution in [-0.4, -0.2) is 41.6 Å². The summed E-state index contributed by atoms with van der Waals surface area (Å²) in [4.78, 5) is 23.7. The molecule has 0 aliphatic rings. The van der Waals surface area contributed by atoms with Gasteiger partial charge in [0.25, 0.3) is 0 Å². The van der Waals surface area contributed by atoms with Gasteiger partial charge in [-0.05, 0) is 11.8 Å². The average Bonchev–Trinajstić information content (AvgIpc) is 2.11. The van der Waals surface area contributed by atoms with E-state index in [0.29, 0.717) is 24.9 Å². The molecule has 0 radical (unpaired) electrons. The lowest BCUT2D eigenvalue weighted by Crippen LogP contribution is -2.45. The highest BCUT2D eigenvalue weighted by atomic mass is 16.4. The van der Waals surface area contributed by atoms with Gasteiger partial charge in [0.2, 0.25) is 0 Å². The van der Waals surface area contributed by atoms with E-state index in [4.69, 9.17) is 5.11 Å². The molecular weight excluding hydrogens is 208 g/mol. The molecule has 0 atom stereocenters. The lowest BCUT2D eigenvalue weighted by atomic mass is 10.1. The molecule has 16 heavy (non-hydrogen) atoms. The van der Waals surface area contributed by atoms with Crippen LogP contribution in [0.1, 0.15) is 27.7 Å². The molecule has 2 amide bonds. The fraction of sp³-hybridized carbons (Fsp3) is 0.818. The van der Waals surface area contributed by atoms with E-state index in [0.717, 1.165) is 0 Å². The van der Waals surface area contributed by atoms with Crippen molar-refractivity contribution in [1.29, 1.82) is 0 Å². The lowest BCUT2D eigenvalue weighted by Gasteiger charge is -2.26. The van der Waals surface area contributed by atoms with Crippen LogP contribution >= 0.6 is 0 Å². The van der Waals surface area contributed by atoms with Gasteiger partial charge in [-0.1, -0.05) is 27.7 Å². The van der Waals surface area contributed by atoms with Crippen molar-refractivity contribution < 1.29 is 14.7 Å². The van der Waals surface area contributed by atoms with Gasteiger partial charge in [0, 0.05) is 13.1 Å². The number of urea groups is 1. The van der Waals surface area contributed by atoms with Gasteiger partial charge in [-0.2, -0.15) is 0 Å². The quantitative estimate of drug-likeness (QED) is 0.724. The second-order valence-corrected chi connectivity index (χ2v) is 4.75. The van der Waals surface area contributed by atoms with Gasteiger partial charge < -0.3 is 15.3 Å². The molecule has 0 rings (SSSR count). The predicted octanol–water partition coefficient (Wildman–Crippen LogP) is 1.39. The zero-order valence-electron chi connectivity index (χ0n) is 10.5. The number of rotatable bonds is 6. The van der Waals surface area contributed by atoms with Gasteiger partial charge in [0.05, 0.1) is 0 Å². The second-order valence-electron chi connectivity index (χ2n) is 4.75. The first-order chi connectivity index (χ1) is 7.32. The summed E-state index contributed by atoms with van der Waals surface area (Å²) in [6.45, 7) is 9.06. The van der Waals surface area contributed by atoms with E-state index in [1.807, 2.05) is 27.7 Å². The molecule has 0 aromatic heterocycles. The Balaban J connectivity index is 4.25. The molecule has 0 bridgehead atoms. The number of hydrogen-bond donors (Lipinski definition) is 2. The maximum atomic E-state index is 11.7. The van der Waals surface area contributed by atoms with Crippen LogP contribution in [0.15, 0.2) is 0 Å². The van der Waals surface area contributed by atoms with Crippen LogP contribution in [0, 0.1) is 11.8 Å². The first-order valence-electron chi connectivity index (χ1n) is 5.57. The van der Waals surface area contributed by atoms with E-state index in [2.05, 4.69) is 5.32 Å². The molecule has 0 saturated carbocycles. The zero-order chi connectivity index (χ0) is 12.7. The standard InChI is InChI=1S/C11H22N2O3/c1-8(2)6-13(7-9(3)4)11(16)12-5-10(14)15/h8-9H,5-7H2,1-4H3,(H,12,16)(H,14,15). The van der Waals surface area contributed by atoms with Gasteiger partial charge in [-0.25, -0.2) is 4.79 Å². The van der Waals surface area contributed by atoms with Crippen LogP contribution < -0.4 is 5.32 Å². The third-order valence-corrected chi connectivity index (χ3v) is 1.85. The number of aliphatic carboxylic acids is 1.